The molecule has 2 amide bonds. The molecule has 1 atom stereocenters. The topological polar surface area (TPSA) is 87.3 Å². The number of amides is 2. The van der Waals surface area contributed by atoms with Crippen molar-refractivity contribution in [2.75, 3.05) is 12.4 Å². The van der Waals surface area contributed by atoms with E-state index in [9.17, 15) is 9.59 Å². The molecule has 4 bridgehead atoms. The monoisotopic (exact) mass is 528 g/mol. The van der Waals surface area contributed by atoms with Crippen LogP contribution in [0.4, 0.5) is 10.5 Å². The molecule has 206 valence electrons. The number of nitrogens with zero attached hydrogens (tertiary/aromatic N) is 2. The fraction of sp³-hybridized carbons (Fsp3) is 0.531. The molecule has 0 unspecified atom stereocenters. The van der Waals surface area contributed by atoms with Crippen molar-refractivity contribution in [1.82, 2.24) is 14.9 Å². The maximum Gasteiger partial charge on any atom is 0.410 e. The number of carbonyl (C=O) groups is 2. The smallest absolute Gasteiger partial charge is 0.410 e. The lowest BCUT2D eigenvalue weighted by Crippen LogP contribution is -2.46. The molecular formula is C32H40N4O3. The number of benzene rings is 2. The van der Waals surface area contributed by atoms with E-state index in [1.54, 1.807) is 11.9 Å². The maximum atomic E-state index is 13.1. The number of carbonyl (C=O) groups excluding carboxylic acids is 2. The first-order valence-electron chi connectivity index (χ1n) is 14.4. The predicted octanol–water partition coefficient (Wildman–Crippen LogP) is 6.92. The third-order valence-corrected chi connectivity index (χ3v) is 9.07. The Kier molecular flexibility index (Phi) is 6.64. The van der Waals surface area contributed by atoms with Gasteiger partial charge >= 0.3 is 6.09 Å². The maximum absolute atomic E-state index is 13.1. The number of fused-ring (bicyclic) bond motifs is 1. The van der Waals surface area contributed by atoms with Crippen LogP contribution in [0.25, 0.3) is 11.0 Å². The molecule has 0 saturated heterocycles. The molecular weight excluding hydrogens is 488 g/mol. The largest absolute Gasteiger partial charge is 0.444 e. The Labute approximate surface area is 230 Å². The summed E-state index contributed by atoms with van der Waals surface area (Å²) in [4.78, 5) is 36.0. The van der Waals surface area contributed by atoms with Gasteiger partial charge in [-0.25, -0.2) is 9.78 Å². The summed E-state index contributed by atoms with van der Waals surface area (Å²) >= 11 is 0. The van der Waals surface area contributed by atoms with Crippen LogP contribution in [0, 0.1) is 29.6 Å². The van der Waals surface area contributed by atoms with E-state index in [-0.39, 0.29) is 5.91 Å². The molecule has 0 aliphatic heterocycles. The fourth-order valence-corrected chi connectivity index (χ4v) is 7.67. The van der Waals surface area contributed by atoms with Gasteiger partial charge < -0.3 is 15.0 Å². The van der Waals surface area contributed by atoms with Crippen LogP contribution in [0.15, 0.2) is 48.5 Å². The molecule has 2 aromatic carbocycles. The molecule has 7 heteroatoms. The Morgan fingerprint density at radius 1 is 1.03 bits per heavy atom. The van der Waals surface area contributed by atoms with Gasteiger partial charge in [0.15, 0.2) is 0 Å². The number of nitrogens with one attached hydrogen (secondary N) is 2. The number of ether oxygens (including phenoxy) is 1. The zero-order chi connectivity index (χ0) is 27.3. The summed E-state index contributed by atoms with van der Waals surface area (Å²) in [6.45, 7) is 5.57. The SMILES string of the molecule is CN(C(=O)OC(C)(C)C)[C@@H](c1ccccc1)c1nc2ccc(NC(=O)CC3C4CC5CC(C4)CC3C5)cc2[nH]1. The van der Waals surface area contributed by atoms with Crippen molar-refractivity contribution in [3.63, 3.8) is 0 Å². The summed E-state index contributed by atoms with van der Waals surface area (Å²) in [5.41, 5.74) is 2.68. The van der Waals surface area contributed by atoms with E-state index >= 15 is 0 Å². The average molecular weight is 529 g/mol. The second-order valence-corrected chi connectivity index (χ2v) is 13.1. The Morgan fingerprint density at radius 3 is 2.33 bits per heavy atom. The zero-order valence-corrected chi connectivity index (χ0v) is 23.4. The highest BCUT2D eigenvalue weighted by Gasteiger charge is 2.48. The van der Waals surface area contributed by atoms with E-state index in [0.29, 0.717) is 18.2 Å². The molecule has 4 saturated carbocycles. The normalized spacial score (nSPS) is 26.4. The Bertz CT molecular complexity index is 1330. The summed E-state index contributed by atoms with van der Waals surface area (Å²) in [7, 11) is 1.73. The number of anilines is 1. The molecule has 7 nitrogen and oxygen atoms in total. The number of aromatic amines is 1. The van der Waals surface area contributed by atoms with Crippen molar-refractivity contribution in [2.24, 2.45) is 29.6 Å². The van der Waals surface area contributed by atoms with E-state index in [4.69, 9.17) is 9.72 Å². The van der Waals surface area contributed by atoms with E-state index in [1.165, 1.54) is 32.1 Å². The van der Waals surface area contributed by atoms with Crippen molar-refractivity contribution < 1.29 is 14.3 Å². The van der Waals surface area contributed by atoms with Crippen molar-refractivity contribution in [3.8, 4) is 0 Å². The van der Waals surface area contributed by atoms with Gasteiger partial charge in [-0.15, -0.1) is 0 Å². The summed E-state index contributed by atoms with van der Waals surface area (Å²) in [5.74, 6) is 4.59. The number of rotatable bonds is 6. The molecule has 4 aliphatic carbocycles. The van der Waals surface area contributed by atoms with Gasteiger partial charge in [0.2, 0.25) is 5.91 Å². The number of hydrogen-bond donors (Lipinski definition) is 2. The predicted molar refractivity (Wildman–Crippen MR) is 152 cm³/mol. The number of imidazole rings is 1. The number of H-pyrrole nitrogens is 1. The van der Waals surface area contributed by atoms with Gasteiger partial charge in [0.1, 0.15) is 17.5 Å². The van der Waals surface area contributed by atoms with Crippen molar-refractivity contribution >= 4 is 28.7 Å². The third kappa shape index (κ3) is 5.41. The van der Waals surface area contributed by atoms with E-state index in [0.717, 1.165) is 46.0 Å². The lowest BCUT2D eigenvalue weighted by Gasteiger charge is -2.54. The van der Waals surface area contributed by atoms with Crippen LogP contribution in [0.1, 0.15) is 76.7 Å². The second kappa shape index (κ2) is 10.00. The van der Waals surface area contributed by atoms with Crippen molar-refractivity contribution in [1.29, 1.82) is 0 Å². The summed E-state index contributed by atoms with van der Waals surface area (Å²) in [5, 5.41) is 3.16. The van der Waals surface area contributed by atoms with Crippen LogP contribution in [0.2, 0.25) is 0 Å². The molecule has 3 aromatic rings. The second-order valence-electron chi connectivity index (χ2n) is 13.1. The quantitative estimate of drug-likeness (QED) is 0.364. The standard InChI is InChI=1S/C32H40N4O3/c1-32(2,3)39-31(38)36(4)29(21-8-6-5-7-9-21)30-34-26-11-10-24(17-27(26)35-30)33-28(37)18-25-22-13-19-12-20(15-22)16-23(25)14-19/h5-11,17,19-20,22-23,25,29H,12-16,18H2,1-4H3,(H,33,37)(H,34,35)/t19?,20?,22?,23?,25?,29-/m0/s1. The Hall–Kier alpha value is -3.35. The summed E-state index contributed by atoms with van der Waals surface area (Å²) in [6.07, 6.45) is 6.94. The van der Waals surface area contributed by atoms with Crippen LogP contribution in [0.5, 0.6) is 0 Å². The summed E-state index contributed by atoms with van der Waals surface area (Å²) < 4.78 is 5.66. The first kappa shape index (κ1) is 25.9. The van der Waals surface area contributed by atoms with Crippen LogP contribution in [0.3, 0.4) is 0 Å². The van der Waals surface area contributed by atoms with Crippen molar-refractivity contribution in [3.05, 3.63) is 59.9 Å². The number of hydrogen-bond acceptors (Lipinski definition) is 4. The minimum atomic E-state index is -0.607. The minimum absolute atomic E-state index is 0.110. The third-order valence-electron chi connectivity index (χ3n) is 9.07. The van der Waals surface area contributed by atoms with Gasteiger partial charge in [-0.1, -0.05) is 30.3 Å². The zero-order valence-electron chi connectivity index (χ0n) is 23.4. The molecule has 1 heterocycles. The molecule has 4 fully saturated rings. The van der Waals surface area contributed by atoms with Gasteiger partial charge in [0.05, 0.1) is 11.0 Å². The molecule has 0 radical (unpaired) electrons. The molecule has 1 aromatic heterocycles. The first-order valence-corrected chi connectivity index (χ1v) is 14.4. The van der Waals surface area contributed by atoms with Crippen LogP contribution < -0.4 is 5.32 Å². The van der Waals surface area contributed by atoms with E-state index in [1.807, 2.05) is 69.3 Å². The Balaban J connectivity index is 1.20. The highest BCUT2D eigenvalue weighted by Crippen LogP contribution is 2.57. The fourth-order valence-electron chi connectivity index (χ4n) is 7.67. The Morgan fingerprint density at radius 2 is 1.69 bits per heavy atom. The van der Waals surface area contributed by atoms with Gasteiger partial charge in [-0.2, -0.15) is 0 Å². The molecule has 0 spiro atoms. The highest BCUT2D eigenvalue weighted by atomic mass is 16.6. The average Bonchev–Trinajstić information content (AvgIpc) is 3.28. The van der Waals surface area contributed by atoms with E-state index < -0.39 is 17.7 Å². The van der Waals surface area contributed by atoms with Crippen LogP contribution in [-0.4, -0.2) is 39.5 Å². The minimum Gasteiger partial charge on any atom is -0.444 e. The van der Waals surface area contributed by atoms with Gasteiger partial charge in [-0.05, 0) is 106 Å². The molecule has 7 rings (SSSR count). The first-order chi connectivity index (χ1) is 18.6. The molecule has 39 heavy (non-hydrogen) atoms. The van der Waals surface area contributed by atoms with Gasteiger partial charge in [0.25, 0.3) is 0 Å². The van der Waals surface area contributed by atoms with Gasteiger partial charge in [-0.3, -0.25) is 9.69 Å². The van der Waals surface area contributed by atoms with Crippen molar-refractivity contribution in [2.45, 2.75) is 70.9 Å². The lowest BCUT2D eigenvalue weighted by molar-refractivity contribution is -0.121. The highest BCUT2D eigenvalue weighted by molar-refractivity contribution is 5.93. The summed E-state index contributed by atoms with van der Waals surface area (Å²) in [6, 6.07) is 15.1. The van der Waals surface area contributed by atoms with Crippen LogP contribution in [-0.2, 0) is 9.53 Å². The van der Waals surface area contributed by atoms with Crippen LogP contribution >= 0.6 is 0 Å². The van der Waals surface area contributed by atoms with Gasteiger partial charge in [0, 0.05) is 19.2 Å². The number of aromatic nitrogens is 2. The molecule has 4 aliphatic rings. The molecule has 2 N–H and O–H groups in total. The van der Waals surface area contributed by atoms with E-state index in [2.05, 4.69) is 10.3 Å². The lowest BCUT2D eigenvalue weighted by atomic mass is 9.51.